The van der Waals surface area contributed by atoms with E-state index in [0.29, 0.717) is 10.6 Å². The summed E-state index contributed by atoms with van der Waals surface area (Å²) in [6.07, 6.45) is 2.33. The van der Waals surface area contributed by atoms with Gasteiger partial charge in [-0.2, -0.15) is 0 Å². The van der Waals surface area contributed by atoms with E-state index in [2.05, 4.69) is 15.6 Å². The number of hydrogen-bond donors (Lipinski definition) is 2. The molecule has 1 aromatic heterocycles. The topological polar surface area (TPSA) is 108 Å². The normalized spacial score (nSPS) is 18.1. The van der Waals surface area contributed by atoms with Gasteiger partial charge in [-0.05, 0) is 80.8 Å². The van der Waals surface area contributed by atoms with E-state index in [0.717, 1.165) is 4.88 Å². The molecule has 0 radical (unpaired) electrons. The van der Waals surface area contributed by atoms with Crippen molar-refractivity contribution in [3.05, 3.63) is 16.5 Å². The second kappa shape index (κ2) is 9.64. The van der Waals surface area contributed by atoms with Gasteiger partial charge in [-0.1, -0.05) is 11.3 Å². The molecule has 184 valence electrons. The summed E-state index contributed by atoms with van der Waals surface area (Å²) in [5.74, 6) is 0. The third kappa shape index (κ3) is 8.31. The highest BCUT2D eigenvalue weighted by Crippen LogP contribution is 2.39. The number of aromatic nitrogens is 1. The van der Waals surface area contributed by atoms with Crippen LogP contribution in [0.3, 0.4) is 0 Å². The summed E-state index contributed by atoms with van der Waals surface area (Å²) in [6, 6.07) is 0. The summed E-state index contributed by atoms with van der Waals surface area (Å²) in [5.41, 5.74) is -1.62. The van der Waals surface area contributed by atoms with Crippen LogP contribution in [0.2, 0.25) is 0 Å². The van der Waals surface area contributed by atoms with Crippen LogP contribution in [0.4, 0.5) is 14.7 Å². The number of anilines is 1. The monoisotopic (exact) mass is 481 g/mol. The molecular formula is C22H36BN3O6S. The zero-order valence-corrected chi connectivity index (χ0v) is 22.1. The van der Waals surface area contributed by atoms with E-state index >= 15 is 0 Å². The fourth-order valence-electron chi connectivity index (χ4n) is 2.67. The lowest BCUT2D eigenvalue weighted by atomic mass is 9.77. The van der Waals surface area contributed by atoms with Gasteiger partial charge in [0.1, 0.15) is 11.2 Å². The van der Waals surface area contributed by atoms with Gasteiger partial charge >= 0.3 is 19.3 Å². The highest BCUT2D eigenvalue weighted by atomic mass is 32.1. The third-order valence-corrected chi connectivity index (χ3v) is 5.71. The Morgan fingerprint density at radius 3 is 2.06 bits per heavy atom. The second-order valence-electron chi connectivity index (χ2n) is 10.9. The molecule has 2 amide bonds. The number of nitrogens with zero attached hydrogens (tertiary/aromatic N) is 1. The lowest BCUT2D eigenvalue weighted by Gasteiger charge is -2.32. The maximum absolute atomic E-state index is 12.2. The van der Waals surface area contributed by atoms with E-state index in [1.807, 2.05) is 33.8 Å². The summed E-state index contributed by atoms with van der Waals surface area (Å²) < 4.78 is 22.9. The zero-order valence-electron chi connectivity index (χ0n) is 21.2. The molecule has 9 nitrogen and oxygen atoms in total. The van der Waals surface area contributed by atoms with Crippen molar-refractivity contribution < 1.29 is 28.4 Å². The van der Waals surface area contributed by atoms with Crippen molar-refractivity contribution in [3.8, 4) is 0 Å². The summed E-state index contributed by atoms with van der Waals surface area (Å²) in [5, 5.41) is 5.78. The Morgan fingerprint density at radius 1 is 1.03 bits per heavy atom. The quantitative estimate of drug-likeness (QED) is 0.568. The predicted molar refractivity (Wildman–Crippen MR) is 130 cm³/mol. The fraction of sp³-hybridized carbons (Fsp3) is 0.682. The van der Waals surface area contributed by atoms with Crippen LogP contribution in [-0.4, -0.2) is 53.2 Å². The number of thiazole rings is 1. The van der Waals surface area contributed by atoms with Crippen LogP contribution in [0.25, 0.3) is 6.08 Å². The molecule has 0 saturated carbocycles. The van der Waals surface area contributed by atoms with Crippen molar-refractivity contribution in [2.75, 3.05) is 11.9 Å². The summed E-state index contributed by atoms with van der Waals surface area (Å²) in [4.78, 5) is 29.2. The van der Waals surface area contributed by atoms with Crippen molar-refractivity contribution in [2.24, 2.45) is 0 Å². The first-order valence-electron chi connectivity index (χ1n) is 10.9. The Morgan fingerprint density at radius 2 is 1.55 bits per heavy atom. The van der Waals surface area contributed by atoms with Crippen molar-refractivity contribution >= 4 is 41.8 Å². The molecule has 2 heterocycles. The number of ether oxygens (including phenoxy) is 2. The van der Waals surface area contributed by atoms with Gasteiger partial charge in [-0.25, -0.2) is 14.6 Å². The van der Waals surface area contributed by atoms with Crippen molar-refractivity contribution in [2.45, 2.75) is 91.6 Å². The maximum atomic E-state index is 12.2. The van der Waals surface area contributed by atoms with E-state index in [1.54, 1.807) is 47.7 Å². The van der Waals surface area contributed by atoms with Gasteiger partial charge in [0.25, 0.3) is 0 Å². The Balaban J connectivity index is 2.20. The first-order chi connectivity index (χ1) is 14.9. The second-order valence-corrected chi connectivity index (χ2v) is 11.9. The standard InChI is InChI=1S/C22H36BN3O6S/c1-19(2,3)29-17(27)25-12-14(23-31-21(7,8)22(9,10)32-23)11-15-13-24-16(33-15)26-18(28)30-20(4,5)6/h11,13H,12H2,1-10H3,(H,25,27)(H,24,26,28). The first kappa shape index (κ1) is 27.1. The summed E-state index contributed by atoms with van der Waals surface area (Å²) in [7, 11) is -0.672. The average molecular weight is 481 g/mol. The Kier molecular flexibility index (Phi) is 7.93. The minimum absolute atomic E-state index is 0.151. The van der Waals surface area contributed by atoms with Crippen molar-refractivity contribution in [3.63, 3.8) is 0 Å². The molecule has 2 N–H and O–H groups in total. The molecule has 0 aromatic carbocycles. The number of alkyl carbamates (subject to hydrolysis) is 1. The predicted octanol–water partition coefficient (Wildman–Crippen LogP) is 5.03. The smallest absolute Gasteiger partial charge is 0.444 e. The maximum Gasteiger partial charge on any atom is 0.492 e. The molecule has 1 saturated heterocycles. The molecule has 1 aromatic rings. The molecule has 1 fully saturated rings. The molecule has 0 unspecified atom stereocenters. The van der Waals surface area contributed by atoms with E-state index in [-0.39, 0.29) is 6.54 Å². The Labute approximate surface area is 200 Å². The van der Waals surface area contributed by atoms with Gasteiger partial charge in [-0.3, -0.25) is 5.32 Å². The molecule has 0 atom stereocenters. The zero-order chi connectivity index (χ0) is 25.2. The summed E-state index contributed by atoms with van der Waals surface area (Å²) >= 11 is 1.26. The fourth-order valence-corrected chi connectivity index (χ4v) is 3.45. The molecule has 0 aliphatic carbocycles. The molecule has 1 aliphatic rings. The van der Waals surface area contributed by atoms with Crippen LogP contribution < -0.4 is 10.6 Å². The van der Waals surface area contributed by atoms with Crippen LogP contribution in [0.5, 0.6) is 0 Å². The minimum Gasteiger partial charge on any atom is -0.444 e. The van der Waals surface area contributed by atoms with E-state index in [1.165, 1.54) is 11.3 Å². The third-order valence-electron chi connectivity index (χ3n) is 4.85. The van der Waals surface area contributed by atoms with Gasteiger partial charge in [-0.15, -0.1) is 0 Å². The van der Waals surface area contributed by atoms with Crippen LogP contribution >= 0.6 is 11.3 Å². The van der Waals surface area contributed by atoms with Gasteiger partial charge in [0.05, 0.1) is 11.2 Å². The van der Waals surface area contributed by atoms with Crippen LogP contribution in [0.1, 0.15) is 74.1 Å². The van der Waals surface area contributed by atoms with Gasteiger partial charge < -0.3 is 24.1 Å². The van der Waals surface area contributed by atoms with E-state index < -0.39 is 41.7 Å². The molecule has 2 rings (SSSR count). The number of amides is 2. The molecular weight excluding hydrogens is 445 g/mol. The van der Waals surface area contributed by atoms with Crippen LogP contribution in [0, 0.1) is 0 Å². The number of nitrogens with one attached hydrogen (secondary N) is 2. The number of hydrogen-bond acceptors (Lipinski definition) is 8. The van der Waals surface area contributed by atoms with Crippen molar-refractivity contribution in [1.82, 2.24) is 10.3 Å². The Hall–Kier alpha value is -2.11. The van der Waals surface area contributed by atoms with Crippen molar-refractivity contribution in [1.29, 1.82) is 0 Å². The molecule has 0 spiro atoms. The van der Waals surface area contributed by atoms with Crippen LogP contribution in [-0.2, 0) is 18.8 Å². The number of rotatable bonds is 5. The first-order valence-corrected chi connectivity index (χ1v) is 11.7. The highest BCUT2D eigenvalue weighted by molar-refractivity contribution is 7.16. The highest BCUT2D eigenvalue weighted by Gasteiger charge is 2.52. The van der Waals surface area contributed by atoms with E-state index in [9.17, 15) is 9.59 Å². The van der Waals surface area contributed by atoms with Gasteiger partial charge in [0.2, 0.25) is 0 Å². The van der Waals surface area contributed by atoms with Gasteiger partial charge in [0.15, 0.2) is 5.13 Å². The van der Waals surface area contributed by atoms with Gasteiger partial charge in [0, 0.05) is 17.6 Å². The molecule has 0 bridgehead atoms. The number of carbonyl (C=O) groups is 2. The number of carbonyl (C=O) groups excluding carboxylic acids is 2. The Bertz CT molecular complexity index is 883. The largest absolute Gasteiger partial charge is 0.492 e. The van der Waals surface area contributed by atoms with E-state index in [4.69, 9.17) is 18.8 Å². The minimum atomic E-state index is -0.672. The van der Waals surface area contributed by atoms with Crippen LogP contribution in [0.15, 0.2) is 11.7 Å². The molecule has 11 heteroatoms. The lowest BCUT2D eigenvalue weighted by Crippen LogP contribution is -2.41. The molecule has 33 heavy (non-hydrogen) atoms. The SMILES string of the molecule is CC(C)(C)OC(=O)NCC(=Cc1cnc(NC(=O)OC(C)(C)C)s1)B1OC(C)(C)C(C)(C)O1. The average Bonchev–Trinajstić information content (AvgIpc) is 3.09. The summed E-state index contributed by atoms with van der Waals surface area (Å²) in [6.45, 7) is 18.8. The molecule has 1 aliphatic heterocycles. The lowest BCUT2D eigenvalue weighted by molar-refractivity contribution is 0.00578.